The van der Waals surface area contributed by atoms with Crippen molar-refractivity contribution in [2.75, 3.05) is 6.61 Å². The van der Waals surface area contributed by atoms with Crippen molar-refractivity contribution in [3.63, 3.8) is 0 Å². The Morgan fingerprint density at radius 3 is 2.69 bits per heavy atom. The number of benzene rings is 1. The Morgan fingerprint density at radius 2 is 2.06 bits per heavy atom. The average molecular weight is 216 g/mol. The van der Waals surface area contributed by atoms with E-state index in [2.05, 4.69) is 9.97 Å². The molecule has 1 N–H and O–H groups in total. The Balaban J connectivity index is 2.39. The van der Waals surface area contributed by atoms with Gasteiger partial charge in [0.15, 0.2) is 0 Å². The summed E-state index contributed by atoms with van der Waals surface area (Å²) >= 11 is 0. The van der Waals surface area contributed by atoms with E-state index in [0.717, 1.165) is 5.56 Å². The van der Waals surface area contributed by atoms with Crippen molar-refractivity contribution in [2.45, 2.75) is 6.92 Å². The summed E-state index contributed by atoms with van der Waals surface area (Å²) in [7, 11) is 0. The Kier molecular flexibility index (Phi) is 3.00. The SMILES string of the molecule is CCOc1cnc(-c2ccccc2)[nH]c1=O. The van der Waals surface area contributed by atoms with Gasteiger partial charge in [-0.15, -0.1) is 0 Å². The summed E-state index contributed by atoms with van der Waals surface area (Å²) in [6.45, 7) is 2.28. The zero-order valence-corrected chi connectivity index (χ0v) is 8.93. The van der Waals surface area contributed by atoms with Crippen LogP contribution < -0.4 is 10.3 Å². The second-order valence-corrected chi connectivity index (χ2v) is 3.22. The van der Waals surface area contributed by atoms with E-state index in [1.54, 1.807) is 0 Å². The molecule has 0 aliphatic rings. The van der Waals surface area contributed by atoms with E-state index in [4.69, 9.17) is 4.74 Å². The highest BCUT2D eigenvalue weighted by molar-refractivity contribution is 5.54. The number of aromatic nitrogens is 2. The highest BCUT2D eigenvalue weighted by Gasteiger charge is 2.04. The molecule has 4 nitrogen and oxygen atoms in total. The third-order valence-corrected chi connectivity index (χ3v) is 2.11. The maximum Gasteiger partial charge on any atom is 0.293 e. The molecule has 82 valence electrons. The minimum Gasteiger partial charge on any atom is -0.487 e. The molecular formula is C12H12N2O2. The standard InChI is InChI=1S/C12H12N2O2/c1-2-16-10-8-13-11(14-12(10)15)9-6-4-3-5-7-9/h3-8H,2H2,1H3,(H,13,14,15). The lowest BCUT2D eigenvalue weighted by Crippen LogP contribution is -2.12. The lowest BCUT2D eigenvalue weighted by atomic mass is 10.2. The summed E-state index contributed by atoms with van der Waals surface area (Å²) in [4.78, 5) is 18.4. The fourth-order valence-corrected chi connectivity index (χ4v) is 1.38. The van der Waals surface area contributed by atoms with Crippen LogP contribution in [-0.4, -0.2) is 16.6 Å². The van der Waals surface area contributed by atoms with Gasteiger partial charge in [-0.05, 0) is 6.92 Å². The van der Waals surface area contributed by atoms with E-state index >= 15 is 0 Å². The topological polar surface area (TPSA) is 55.0 Å². The first-order valence-corrected chi connectivity index (χ1v) is 5.09. The Labute approximate surface area is 92.9 Å². The van der Waals surface area contributed by atoms with Crippen molar-refractivity contribution in [3.05, 3.63) is 46.9 Å². The Morgan fingerprint density at radius 1 is 1.31 bits per heavy atom. The number of nitrogens with zero attached hydrogens (tertiary/aromatic N) is 1. The average Bonchev–Trinajstić information content (AvgIpc) is 2.33. The van der Waals surface area contributed by atoms with Crippen LogP contribution in [0.2, 0.25) is 0 Å². The molecular weight excluding hydrogens is 204 g/mol. The fourth-order valence-electron chi connectivity index (χ4n) is 1.38. The molecule has 0 bridgehead atoms. The van der Waals surface area contributed by atoms with Crippen LogP contribution >= 0.6 is 0 Å². The molecule has 1 aromatic heterocycles. The first-order valence-electron chi connectivity index (χ1n) is 5.09. The highest BCUT2D eigenvalue weighted by atomic mass is 16.5. The van der Waals surface area contributed by atoms with Crippen LogP contribution in [-0.2, 0) is 0 Å². The molecule has 0 amide bonds. The number of ether oxygens (including phenoxy) is 1. The van der Waals surface area contributed by atoms with Crippen molar-refractivity contribution in [1.29, 1.82) is 0 Å². The van der Waals surface area contributed by atoms with Gasteiger partial charge in [-0.3, -0.25) is 4.79 Å². The van der Waals surface area contributed by atoms with Gasteiger partial charge in [-0.1, -0.05) is 30.3 Å². The summed E-state index contributed by atoms with van der Waals surface area (Å²) in [5.74, 6) is 0.802. The van der Waals surface area contributed by atoms with Gasteiger partial charge in [0.1, 0.15) is 5.82 Å². The number of H-pyrrole nitrogens is 1. The smallest absolute Gasteiger partial charge is 0.293 e. The van der Waals surface area contributed by atoms with Crippen molar-refractivity contribution in [1.82, 2.24) is 9.97 Å². The molecule has 0 saturated heterocycles. The largest absolute Gasteiger partial charge is 0.487 e. The van der Waals surface area contributed by atoms with Crippen LogP contribution in [0.3, 0.4) is 0 Å². The van der Waals surface area contributed by atoms with Gasteiger partial charge < -0.3 is 9.72 Å². The molecule has 2 aromatic rings. The Bertz CT molecular complexity index is 520. The zero-order chi connectivity index (χ0) is 11.4. The molecule has 0 spiro atoms. The van der Waals surface area contributed by atoms with Crippen molar-refractivity contribution in [3.8, 4) is 17.1 Å². The van der Waals surface area contributed by atoms with E-state index < -0.39 is 0 Å². The molecule has 0 unspecified atom stereocenters. The van der Waals surface area contributed by atoms with E-state index in [1.165, 1.54) is 6.20 Å². The molecule has 16 heavy (non-hydrogen) atoms. The van der Waals surface area contributed by atoms with E-state index in [-0.39, 0.29) is 11.3 Å². The molecule has 0 aliphatic heterocycles. The van der Waals surface area contributed by atoms with Crippen LogP contribution in [0.1, 0.15) is 6.92 Å². The van der Waals surface area contributed by atoms with Gasteiger partial charge in [-0.2, -0.15) is 0 Å². The number of hydrogen-bond donors (Lipinski definition) is 1. The highest BCUT2D eigenvalue weighted by Crippen LogP contribution is 2.12. The summed E-state index contributed by atoms with van der Waals surface area (Å²) in [5.41, 5.74) is 0.623. The van der Waals surface area contributed by atoms with Crippen molar-refractivity contribution in [2.24, 2.45) is 0 Å². The van der Waals surface area contributed by atoms with Gasteiger partial charge in [0.2, 0.25) is 5.75 Å². The molecule has 0 saturated carbocycles. The predicted octanol–water partition coefficient (Wildman–Crippen LogP) is 1.84. The van der Waals surface area contributed by atoms with Gasteiger partial charge in [0, 0.05) is 5.56 Å². The maximum atomic E-state index is 11.6. The van der Waals surface area contributed by atoms with Gasteiger partial charge >= 0.3 is 0 Å². The van der Waals surface area contributed by atoms with Gasteiger partial charge in [0.05, 0.1) is 12.8 Å². The normalized spacial score (nSPS) is 10.1. The van der Waals surface area contributed by atoms with Gasteiger partial charge in [0.25, 0.3) is 5.56 Å². The minimum atomic E-state index is -0.254. The van der Waals surface area contributed by atoms with Gasteiger partial charge in [-0.25, -0.2) is 4.98 Å². The van der Waals surface area contributed by atoms with Crippen LogP contribution in [0, 0.1) is 0 Å². The van der Waals surface area contributed by atoms with Crippen LogP contribution in [0.15, 0.2) is 41.3 Å². The third-order valence-electron chi connectivity index (χ3n) is 2.11. The molecule has 0 radical (unpaired) electrons. The van der Waals surface area contributed by atoms with Crippen LogP contribution in [0.25, 0.3) is 11.4 Å². The number of nitrogens with one attached hydrogen (secondary N) is 1. The summed E-state index contributed by atoms with van der Waals surface area (Å²) in [6, 6.07) is 9.48. The summed E-state index contributed by atoms with van der Waals surface area (Å²) in [5, 5.41) is 0. The predicted molar refractivity (Wildman–Crippen MR) is 61.5 cm³/mol. The van der Waals surface area contributed by atoms with E-state index in [0.29, 0.717) is 12.4 Å². The molecule has 1 heterocycles. The van der Waals surface area contributed by atoms with Crippen LogP contribution in [0.5, 0.6) is 5.75 Å². The van der Waals surface area contributed by atoms with E-state index in [9.17, 15) is 4.79 Å². The number of rotatable bonds is 3. The maximum absolute atomic E-state index is 11.6. The lowest BCUT2D eigenvalue weighted by Gasteiger charge is -2.03. The minimum absolute atomic E-state index is 0.252. The van der Waals surface area contributed by atoms with Crippen molar-refractivity contribution < 1.29 is 4.74 Å². The zero-order valence-electron chi connectivity index (χ0n) is 8.93. The molecule has 4 heteroatoms. The quantitative estimate of drug-likeness (QED) is 0.851. The number of hydrogen-bond acceptors (Lipinski definition) is 3. The third kappa shape index (κ3) is 2.11. The summed E-state index contributed by atoms with van der Waals surface area (Å²) in [6.07, 6.45) is 1.45. The molecule has 0 aliphatic carbocycles. The fraction of sp³-hybridized carbons (Fsp3) is 0.167. The first-order chi connectivity index (χ1) is 7.81. The second-order valence-electron chi connectivity index (χ2n) is 3.22. The van der Waals surface area contributed by atoms with Crippen molar-refractivity contribution >= 4 is 0 Å². The lowest BCUT2D eigenvalue weighted by molar-refractivity contribution is 0.334. The second kappa shape index (κ2) is 4.61. The monoisotopic (exact) mass is 216 g/mol. The molecule has 2 rings (SSSR count). The van der Waals surface area contributed by atoms with Crippen LogP contribution in [0.4, 0.5) is 0 Å². The molecule has 0 fully saturated rings. The Hall–Kier alpha value is -2.10. The first kappa shape index (κ1) is 10.4. The molecule has 1 aromatic carbocycles. The van der Waals surface area contributed by atoms with E-state index in [1.807, 2.05) is 37.3 Å². The molecule has 0 atom stereocenters. The number of aromatic amines is 1. The summed E-state index contributed by atoms with van der Waals surface area (Å²) < 4.78 is 5.12.